The third-order valence-electron chi connectivity index (χ3n) is 6.14. The Bertz CT molecular complexity index is 1100. The number of hydrogen-bond donors (Lipinski definition) is 4. The van der Waals surface area contributed by atoms with Crippen LogP contribution >= 0.6 is 0 Å². The molecule has 1 fully saturated rings. The van der Waals surface area contributed by atoms with Crippen LogP contribution in [0.5, 0.6) is 0 Å². The first-order valence-electron chi connectivity index (χ1n) is 10.8. The van der Waals surface area contributed by atoms with Crippen LogP contribution in [0.15, 0.2) is 24.8 Å². The lowest BCUT2D eigenvalue weighted by atomic mass is 9.84. The highest BCUT2D eigenvalue weighted by Gasteiger charge is 2.44. The maximum absolute atomic E-state index is 10.4. The molecular formula is C23H31N5O4. The van der Waals surface area contributed by atoms with Gasteiger partial charge in [0.05, 0.1) is 12.9 Å². The van der Waals surface area contributed by atoms with Crippen molar-refractivity contribution in [3.8, 4) is 0 Å². The van der Waals surface area contributed by atoms with E-state index in [0.717, 1.165) is 0 Å². The van der Waals surface area contributed by atoms with Gasteiger partial charge in [-0.25, -0.2) is 15.0 Å². The number of fused-ring (bicyclic) bond motifs is 1. The summed E-state index contributed by atoms with van der Waals surface area (Å²) in [6.07, 6.45) is -1.24. The van der Waals surface area contributed by atoms with Crippen molar-refractivity contribution in [2.24, 2.45) is 0 Å². The molecule has 1 unspecified atom stereocenters. The van der Waals surface area contributed by atoms with Gasteiger partial charge in [-0.1, -0.05) is 32.9 Å². The highest BCUT2D eigenvalue weighted by atomic mass is 16.6. The van der Waals surface area contributed by atoms with E-state index in [0.29, 0.717) is 23.5 Å². The summed E-state index contributed by atoms with van der Waals surface area (Å²) in [4.78, 5) is 13.1. The fourth-order valence-electron chi connectivity index (χ4n) is 4.15. The number of imidazole rings is 1. The maximum atomic E-state index is 10.4. The molecule has 1 aliphatic rings. The molecule has 0 aliphatic carbocycles. The lowest BCUT2D eigenvalue weighted by molar-refractivity contribution is -0.0511. The Morgan fingerprint density at radius 1 is 1.06 bits per heavy atom. The number of anilines is 1. The van der Waals surface area contributed by atoms with Gasteiger partial charge in [-0.2, -0.15) is 0 Å². The SMILES string of the molecule is Cc1cc(C(C)(C)C)cc(C)c1CNc1ncnc2c1ncn2C1O[C@H](CO)[C@@H](O)[C@H]1O. The first-order chi connectivity index (χ1) is 15.1. The number of rotatable bonds is 5. The van der Waals surface area contributed by atoms with Gasteiger partial charge in [0.15, 0.2) is 23.2 Å². The number of nitrogens with one attached hydrogen (secondary N) is 1. The molecule has 9 heteroatoms. The molecule has 4 N–H and O–H groups in total. The Morgan fingerprint density at radius 3 is 2.34 bits per heavy atom. The highest BCUT2D eigenvalue weighted by Crippen LogP contribution is 2.32. The fraction of sp³-hybridized carbons (Fsp3) is 0.522. The standard InChI is InChI=1S/C23H31N5O4/c1-12-6-14(23(3,4)5)7-13(2)15(12)8-24-20-17-21(26-10-25-20)28(11-27-17)22-19(31)18(30)16(9-29)32-22/h6-7,10-11,16,18-19,22,29-31H,8-9H2,1-5H3,(H,24,25,26)/t16-,18-,19-,22?/m1/s1. The molecule has 3 heterocycles. The molecule has 1 saturated heterocycles. The second-order valence-corrected chi connectivity index (χ2v) is 9.47. The monoisotopic (exact) mass is 441 g/mol. The van der Waals surface area contributed by atoms with Gasteiger partial charge in [-0.05, 0) is 41.5 Å². The molecule has 0 saturated carbocycles. The molecule has 1 aromatic carbocycles. The van der Waals surface area contributed by atoms with Crippen LogP contribution in [-0.4, -0.2) is 59.8 Å². The molecule has 0 amide bonds. The zero-order valence-corrected chi connectivity index (χ0v) is 19.1. The van der Waals surface area contributed by atoms with Crippen LogP contribution in [0.1, 0.15) is 49.3 Å². The zero-order valence-electron chi connectivity index (χ0n) is 19.1. The average molecular weight is 442 g/mol. The normalized spacial score (nSPS) is 23.8. The number of aliphatic hydroxyl groups is 3. The van der Waals surface area contributed by atoms with E-state index < -0.39 is 31.1 Å². The van der Waals surface area contributed by atoms with Crippen LogP contribution in [0.3, 0.4) is 0 Å². The summed E-state index contributed by atoms with van der Waals surface area (Å²) in [6.45, 7) is 11.0. The first kappa shape index (κ1) is 22.6. The summed E-state index contributed by atoms with van der Waals surface area (Å²) in [6, 6.07) is 4.46. The highest BCUT2D eigenvalue weighted by molar-refractivity contribution is 5.82. The van der Waals surface area contributed by atoms with Gasteiger partial charge in [-0.3, -0.25) is 4.57 Å². The summed E-state index contributed by atoms with van der Waals surface area (Å²) in [7, 11) is 0. The van der Waals surface area contributed by atoms with Crippen molar-refractivity contribution < 1.29 is 20.1 Å². The van der Waals surface area contributed by atoms with Crippen molar-refractivity contribution in [1.29, 1.82) is 0 Å². The quantitative estimate of drug-likeness (QED) is 0.474. The minimum absolute atomic E-state index is 0.0859. The van der Waals surface area contributed by atoms with Gasteiger partial charge < -0.3 is 25.4 Å². The van der Waals surface area contributed by atoms with E-state index in [2.05, 4.69) is 67.0 Å². The van der Waals surface area contributed by atoms with Gasteiger partial charge in [0.1, 0.15) is 24.6 Å². The Kier molecular flexibility index (Phi) is 5.93. The number of aliphatic hydroxyl groups excluding tert-OH is 3. The molecule has 1 aliphatic heterocycles. The summed E-state index contributed by atoms with van der Waals surface area (Å²) >= 11 is 0. The topological polar surface area (TPSA) is 126 Å². The summed E-state index contributed by atoms with van der Waals surface area (Å²) < 4.78 is 7.17. The molecule has 3 aromatic rings. The second kappa shape index (κ2) is 8.40. The zero-order chi connectivity index (χ0) is 23.2. The third-order valence-corrected chi connectivity index (χ3v) is 6.14. The molecule has 0 spiro atoms. The number of nitrogens with zero attached hydrogens (tertiary/aromatic N) is 4. The molecule has 2 aromatic heterocycles. The van der Waals surface area contributed by atoms with E-state index in [-0.39, 0.29) is 5.41 Å². The molecular weight excluding hydrogens is 410 g/mol. The van der Waals surface area contributed by atoms with Gasteiger partial charge in [0.25, 0.3) is 0 Å². The van der Waals surface area contributed by atoms with E-state index in [9.17, 15) is 15.3 Å². The van der Waals surface area contributed by atoms with Crippen LogP contribution in [0.25, 0.3) is 11.2 Å². The molecule has 4 rings (SSSR count). The second-order valence-electron chi connectivity index (χ2n) is 9.47. The summed E-state index contributed by atoms with van der Waals surface area (Å²) in [5.74, 6) is 0.569. The molecule has 0 bridgehead atoms. The van der Waals surface area contributed by atoms with Crippen LogP contribution in [0.4, 0.5) is 5.82 Å². The van der Waals surface area contributed by atoms with E-state index >= 15 is 0 Å². The van der Waals surface area contributed by atoms with Gasteiger partial charge >= 0.3 is 0 Å². The van der Waals surface area contributed by atoms with Gasteiger partial charge in [0.2, 0.25) is 0 Å². The largest absolute Gasteiger partial charge is 0.394 e. The van der Waals surface area contributed by atoms with Crippen molar-refractivity contribution in [3.63, 3.8) is 0 Å². The molecule has 9 nitrogen and oxygen atoms in total. The smallest absolute Gasteiger partial charge is 0.167 e. The lowest BCUT2D eigenvalue weighted by Gasteiger charge is -2.22. The van der Waals surface area contributed by atoms with Crippen LogP contribution in [0.2, 0.25) is 0 Å². The Balaban J connectivity index is 1.60. The Labute approximate surface area is 187 Å². The van der Waals surface area contributed by atoms with Crippen LogP contribution < -0.4 is 5.32 Å². The van der Waals surface area contributed by atoms with Crippen molar-refractivity contribution in [3.05, 3.63) is 47.0 Å². The number of benzene rings is 1. The van der Waals surface area contributed by atoms with E-state index in [1.165, 1.54) is 34.9 Å². The van der Waals surface area contributed by atoms with Crippen molar-refractivity contribution in [2.45, 2.75) is 71.1 Å². The van der Waals surface area contributed by atoms with Gasteiger partial charge in [-0.15, -0.1) is 0 Å². The van der Waals surface area contributed by atoms with E-state index in [1.54, 1.807) is 4.57 Å². The third kappa shape index (κ3) is 3.97. The van der Waals surface area contributed by atoms with Crippen molar-refractivity contribution in [1.82, 2.24) is 19.5 Å². The number of aromatic nitrogens is 4. The number of aryl methyl sites for hydroxylation is 2. The fourth-order valence-corrected chi connectivity index (χ4v) is 4.15. The van der Waals surface area contributed by atoms with Crippen molar-refractivity contribution >= 4 is 17.0 Å². The minimum Gasteiger partial charge on any atom is -0.394 e. The first-order valence-corrected chi connectivity index (χ1v) is 10.8. The minimum atomic E-state index is -1.21. The van der Waals surface area contributed by atoms with Crippen LogP contribution in [-0.2, 0) is 16.7 Å². The van der Waals surface area contributed by atoms with E-state index in [4.69, 9.17) is 4.74 Å². The summed E-state index contributed by atoms with van der Waals surface area (Å²) in [5, 5.41) is 33.2. The number of ether oxygens (including phenoxy) is 1. The van der Waals surface area contributed by atoms with Gasteiger partial charge in [0, 0.05) is 6.54 Å². The maximum Gasteiger partial charge on any atom is 0.167 e. The lowest BCUT2D eigenvalue weighted by Crippen LogP contribution is -2.33. The van der Waals surface area contributed by atoms with Crippen LogP contribution in [0, 0.1) is 13.8 Å². The molecule has 172 valence electrons. The summed E-state index contributed by atoms with van der Waals surface area (Å²) in [5.41, 5.74) is 6.02. The number of hydrogen-bond acceptors (Lipinski definition) is 8. The molecule has 0 radical (unpaired) electrons. The average Bonchev–Trinajstić information content (AvgIpc) is 3.28. The van der Waals surface area contributed by atoms with E-state index in [1.807, 2.05) is 0 Å². The molecule has 4 atom stereocenters. The molecule has 32 heavy (non-hydrogen) atoms. The predicted molar refractivity (Wildman–Crippen MR) is 120 cm³/mol. The predicted octanol–water partition coefficient (Wildman–Crippen LogP) is 1.96. The Hall–Kier alpha value is -2.59. The van der Waals surface area contributed by atoms with Crippen molar-refractivity contribution in [2.75, 3.05) is 11.9 Å². The Morgan fingerprint density at radius 2 is 1.75 bits per heavy atom.